The first-order chi connectivity index (χ1) is 8.94. The highest BCUT2D eigenvalue weighted by atomic mass is 16.5. The lowest BCUT2D eigenvalue weighted by Crippen LogP contribution is -2.41. The third-order valence-corrected chi connectivity index (χ3v) is 2.64. The highest BCUT2D eigenvalue weighted by molar-refractivity contribution is 5.84. The number of benzene rings is 1. The predicted octanol–water partition coefficient (Wildman–Crippen LogP) is 2.46. The summed E-state index contributed by atoms with van der Waals surface area (Å²) in [5.74, 6) is 1.00. The minimum atomic E-state index is -0.852. The van der Waals surface area contributed by atoms with Crippen LogP contribution in [-0.2, 0) is 9.53 Å². The maximum atomic E-state index is 11.9. The Morgan fingerprint density at radius 1 is 1.26 bits per heavy atom. The maximum Gasteiger partial charge on any atom is 0.331 e. The van der Waals surface area contributed by atoms with E-state index in [0.717, 1.165) is 0 Å². The molecule has 0 heterocycles. The van der Waals surface area contributed by atoms with Crippen molar-refractivity contribution in [3.8, 4) is 11.5 Å². The summed E-state index contributed by atoms with van der Waals surface area (Å²) in [6.45, 7) is 5.63. The SMILES string of the molecule is CCOC(=O)C(C)(C)Nc1cc(OC)ccc1OC. The number of anilines is 1. The van der Waals surface area contributed by atoms with E-state index in [4.69, 9.17) is 14.2 Å². The molecule has 0 atom stereocenters. The van der Waals surface area contributed by atoms with Crippen molar-refractivity contribution in [1.29, 1.82) is 0 Å². The fourth-order valence-corrected chi connectivity index (χ4v) is 1.61. The van der Waals surface area contributed by atoms with Crippen molar-refractivity contribution in [2.24, 2.45) is 0 Å². The van der Waals surface area contributed by atoms with Crippen molar-refractivity contribution >= 4 is 11.7 Å². The van der Waals surface area contributed by atoms with E-state index >= 15 is 0 Å². The first kappa shape index (κ1) is 15.1. The number of carbonyl (C=O) groups excluding carboxylic acids is 1. The number of carbonyl (C=O) groups is 1. The van der Waals surface area contributed by atoms with Gasteiger partial charge < -0.3 is 19.5 Å². The molecule has 0 aromatic heterocycles. The number of hydrogen-bond donors (Lipinski definition) is 1. The van der Waals surface area contributed by atoms with Gasteiger partial charge in [-0.3, -0.25) is 0 Å². The van der Waals surface area contributed by atoms with Gasteiger partial charge in [-0.25, -0.2) is 4.79 Å². The summed E-state index contributed by atoms with van der Waals surface area (Å²) in [6, 6.07) is 5.35. The van der Waals surface area contributed by atoms with Crippen LogP contribution in [0.3, 0.4) is 0 Å². The minimum Gasteiger partial charge on any atom is -0.497 e. The van der Waals surface area contributed by atoms with E-state index in [-0.39, 0.29) is 5.97 Å². The van der Waals surface area contributed by atoms with Gasteiger partial charge >= 0.3 is 5.97 Å². The Morgan fingerprint density at radius 2 is 1.95 bits per heavy atom. The van der Waals surface area contributed by atoms with Gasteiger partial charge in [0.25, 0.3) is 0 Å². The molecule has 0 saturated carbocycles. The zero-order valence-corrected chi connectivity index (χ0v) is 12.1. The Bertz CT molecular complexity index is 443. The lowest BCUT2D eigenvalue weighted by atomic mass is 10.1. The first-order valence-electron chi connectivity index (χ1n) is 6.12. The molecule has 1 aromatic rings. The van der Waals surface area contributed by atoms with Gasteiger partial charge in [0.15, 0.2) is 0 Å². The average molecular weight is 267 g/mol. The van der Waals surface area contributed by atoms with Crippen LogP contribution in [-0.4, -0.2) is 32.3 Å². The molecule has 5 nitrogen and oxygen atoms in total. The van der Waals surface area contributed by atoms with E-state index in [0.29, 0.717) is 23.8 Å². The highest BCUT2D eigenvalue weighted by Gasteiger charge is 2.30. The molecule has 106 valence electrons. The summed E-state index contributed by atoms with van der Waals surface area (Å²) in [6.07, 6.45) is 0. The quantitative estimate of drug-likeness (QED) is 0.802. The van der Waals surface area contributed by atoms with Crippen molar-refractivity contribution in [3.05, 3.63) is 18.2 Å². The van der Waals surface area contributed by atoms with Crippen molar-refractivity contribution in [3.63, 3.8) is 0 Å². The topological polar surface area (TPSA) is 56.8 Å². The van der Waals surface area contributed by atoms with E-state index in [1.54, 1.807) is 53.2 Å². The molecule has 0 amide bonds. The molecule has 0 saturated heterocycles. The standard InChI is InChI=1S/C14H21NO4/c1-6-19-13(16)14(2,3)15-11-9-10(17-4)7-8-12(11)18-5/h7-9,15H,6H2,1-5H3. The van der Waals surface area contributed by atoms with E-state index in [1.165, 1.54) is 0 Å². The van der Waals surface area contributed by atoms with Gasteiger partial charge in [0, 0.05) is 6.07 Å². The van der Waals surface area contributed by atoms with Gasteiger partial charge in [-0.15, -0.1) is 0 Å². The van der Waals surface area contributed by atoms with Crippen molar-refractivity contribution in [2.75, 3.05) is 26.1 Å². The number of esters is 1. The lowest BCUT2D eigenvalue weighted by Gasteiger charge is -2.26. The molecule has 0 spiro atoms. The summed E-state index contributed by atoms with van der Waals surface area (Å²) >= 11 is 0. The van der Waals surface area contributed by atoms with Crippen LogP contribution in [0.5, 0.6) is 11.5 Å². The Kier molecular flexibility index (Phi) is 5.03. The monoisotopic (exact) mass is 267 g/mol. The molecule has 5 heteroatoms. The van der Waals surface area contributed by atoms with Crippen LogP contribution in [0.4, 0.5) is 5.69 Å². The minimum absolute atomic E-state index is 0.320. The Labute approximate surface area is 113 Å². The second kappa shape index (κ2) is 6.31. The Hall–Kier alpha value is -1.91. The van der Waals surface area contributed by atoms with Crippen LogP contribution >= 0.6 is 0 Å². The van der Waals surface area contributed by atoms with Gasteiger partial charge in [-0.05, 0) is 32.9 Å². The summed E-state index contributed by atoms with van der Waals surface area (Å²) < 4.78 is 15.5. The Balaban J connectivity index is 2.99. The zero-order chi connectivity index (χ0) is 14.5. The fourth-order valence-electron chi connectivity index (χ4n) is 1.61. The normalized spacial score (nSPS) is 10.8. The smallest absolute Gasteiger partial charge is 0.331 e. The van der Waals surface area contributed by atoms with Crippen LogP contribution in [0.2, 0.25) is 0 Å². The molecule has 0 radical (unpaired) electrons. The number of methoxy groups -OCH3 is 2. The highest BCUT2D eigenvalue weighted by Crippen LogP contribution is 2.31. The molecule has 1 rings (SSSR count). The van der Waals surface area contributed by atoms with Gasteiger partial charge in [-0.1, -0.05) is 0 Å². The summed E-state index contributed by atoms with van der Waals surface area (Å²) in [5, 5.41) is 3.12. The number of hydrogen-bond acceptors (Lipinski definition) is 5. The van der Waals surface area contributed by atoms with Crippen LogP contribution in [0, 0.1) is 0 Å². The van der Waals surface area contributed by atoms with Gasteiger partial charge in [0.05, 0.1) is 26.5 Å². The fraction of sp³-hybridized carbons (Fsp3) is 0.500. The predicted molar refractivity (Wildman–Crippen MR) is 73.9 cm³/mol. The summed E-state index contributed by atoms with van der Waals surface area (Å²) in [5.41, 5.74) is -0.171. The molecular weight excluding hydrogens is 246 g/mol. The van der Waals surface area contributed by atoms with Crippen molar-refractivity contribution in [2.45, 2.75) is 26.3 Å². The van der Waals surface area contributed by atoms with Crippen molar-refractivity contribution in [1.82, 2.24) is 0 Å². The molecular formula is C14H21NO4. The average Bonchev–Trinajstić information content (AvgIpc) is 2.38. The van der Waals surface area contributed by atoms with Crippen LogP contribution in [0.25, 0.3) is 0 Å². The molecule has 0 bridgehead atoms. The van der Waals surface area contributed by atoms with E-state index in [2.05, 4.69) is 5.32 Å². The van der Waals surface area contributed by atoms with Crippen molar-refractivity contribution < 1.29 is 19.0 Å². The van der Waals surface area contributed by atoms with Gasteiger partial charge in [-0.2, -0.15) is 0 Å². The second-order valence-corrected chi connectivity index (χ2v) is 4.54. The van der Waals surface area contributed by atoms with Crippen LogP contribution in [0.15, 0.2) is 18.2 Å². The molecule has 0 aliphatic heterocycles. The molecule has 0 fully saturated rings. The third-order valence-electron chi connectivity index (χ3n) is 2.64. The van der Waals surface area contributed by atoms with Crippen LogP contribution in [0.1, 0.15) is 20.8 Å². The largest absolute Gasteiger partial charge is 0.497 e. The van der Waals surface area contributed by atoms with E-state index in [9.17, 15) is 4.79 Å². The summed E-state index contributed by atoms with van der Waals surface area (Å²) in [7, 11) is 3.16. The van der Waals surface area contributed by atoms with Gasteiger partial charge in [0.2, 0.25) is 0 Å². The van der Waals surface area contributed by atoms with Crippen LogP contribution < -0.4 is 14.8 Å². The third kappa shape index (κ3) is 3.77. The maximum absolute atomic E-state index is 11.9. The molecule has 1 aromatic carbocycles. The molecule has 0 unspecified atom stereocenters. The van der Waals surface area contributed by atoms with E-state index < -0.39 is 5.54 Å². The van der Waals surface area contributed by atoms with Gasteiger partial charge in [0.1, 0.15) is 17.0 Å². The first-order valence-corrected chi connectivity index (χ1v) is 6.12. The molecule has 0 aliphatic rings. The number of nitrogens with one attached hydrogen (secondary N) is 1. The van der Waals surface area contributed by atoms with E-state index in [1.807, 2.05) is 0 Å². The molecule has 1 N–H and O–H groups in total. The number of rotatable bonds is 6. The molecule has 19 heavy (non-hydrogen) atoms. The molecule has 0 aliphatic carbocycles. The Morgan fingerprint density at radius 3 is 2.47 bits per heavy atom. The summed E-state index contributed by atoms with van der Waals surface area (Å²) in [4.78, 5) is 11.9. The lowest BCUT2D eigenvalue weighted by molar-refractivity contribution is -0.147. The zero-order valence-electron chi connectivity index (χ0n) is 12.1. The second-order valence-electron chi connectivity index (χ2n) is 4.54. The number of ether oxygens (including phenoxy) is 3.